The Morgan fingerprint density at radius 1 is 1.38 bits per heavy atom. The summed E-state index contributed by atoms with van der Waals surface area (Å²) in [6.07, 6.45) is 0.488. The fourth-order valence-corrected chi connectivity index (χ4v) is 3.32. The maximum atomic E-state index is 11.5. The van der Waals surface area contributed by atoms with Crippen LogP contribution in [0.3, 0.4) is 0 Å². The first-order valence-electron chi connectivity index (χ1n) is 3.52. The Kier molecular flexibility index (Phi) is 4.54. The van der Waals surface area contributed by atoms with E-state index in [1.165, 1.54) is 0 Å². The number of sulfonamides is 1. The molecular formula is C5H14NO5PS. The number of rotatable bonds is 5. The summed E-state index contributed by atoms with van der Waals surface area (Å²) in [4.78, 5) is 0. The molecule has 0 aliphatic heterocycles. The average Bonchev–Trinajstić information content (AvgIpc) is 1.81. The monoisotopic (exact) mass is 231 g/mol. The zero-order valence-electron chi connectivity index (χ0n) is 7.97. The van der Waals surface area contributed by atoms with Gasteiger partial charge in [-0.1, -0.05) is 0 Å². The van der Waals surface area contributed by atoms with E-state index in [0.717, 1.165) is 13.4 Å². The van der Waals surface area contributed by atoms with Crippen LogP contribution in [0.1, 0.15) is 13.8 Å². The minimum absolute atomic E-state index is 0.389. The van der Waals surface area contributed by atoms with Gasteiger partial charge in [0, 0.05) is 7.11 Å². The van der Waals surface area contributed by atoms with Crippen molar-refractivity contribution in [2.45, 2.75) is 20.0 Å². The molecule has 0 aromatic heterocycles. The highest BCUT2D eigenvalue weighted by molar-refractivity contribution is 7.94. The molecule has 0 aliphatic carbocycles. The Morgan fingerprint density at radius 2 is 1.85 bits per heavy atom. The van der Waals surface area contributed by atoms with Crippen LogP contribution in [0.5, 0.6) is 0 Å². The third kappa shape index (κ3) is 6.17. The fourth-order valence-electron chi connectivity index (χ4n) is 0.582. The lowest BCUT2D eigenvalue weighted by atomic mass is 10.5. The molecule has 0 fully saturated rings. The number of hydrogen-bond donors (Lipinski definition) is 1. The minimum Gasteiger partial charge on any atom is -0.299 e. The molecule has 0 saturated heterocycles. The second-order valence-electron chi connectivity index (χ2n) is 2.70. The van der Waals surface area contributed by atoms with Gasteiger partial charge in [0.05, 0.1) is 12.4 Å². The van der Waals surface area contributed by atoms with Crippen LogP contribution < -0.4 is 4.49 Å². The smallest absolute Gasteiger partial charge is 0.299 e. The lowest BCUT2D eigenvalue weighted by molar-refractivity contribution is 0.185. The topological polar surface area (TPSA) is 81.7 Å². The molecule has 0 heterocycles. The highest BCUT2D eigenvalue weighted by Crippen LogP contribution is 2.44. The first-order valence-corrected chi connectivity index (χ1v) is 6.95. The van der Waals surface area contributed by atoms with Gasteiger partial charge in [0.2, 0.25) is 10.0 Å². The molecule has 80 valence electrons. The first-order chi connectivity index (χ1) is 5.68. The lowest BCUT2D eigenvalue weighted by Gasteiger charge is -2.17. The Morgan fingerprint density at radius 3 is 2.08 bits per heavy atom. The van der Waals surface area contributed by atoms with E-state index in [9.17, 15) is 13.0 Å². The standard InChI is InChI=1S/C5H14NO5PS/c1-5(2)11-12(7,10-3)6-13(4,8)9/h5H,1-4H3,(H,6,7). The van der Waals surface area contributed by atoms with E-state index >= 15 is 0 Å². The van der Waals surface area contributed by atoms with Gasteiger partial charge in [-0.25, -0.2) is 13.0 Å². The van der Waals surface area contributed by atoms with Crippen molar-refractivity contribution >= 4 is 17.8 Å². The first kappa shape index (κ1) is 13.1. The zero-order chi connectivity index (χ0) is 10.7. The number of nitrogens with one attached hydrogen (secondary N) is 1. The molecule has 0 saturated carbocycles. The molecule has 0 aliphatic rings. The van der Waals surface area contributed by atoms with Gasteiger partial charge < -0.3 is 0 Å². The van der Waals surface area contributed by atoms with Gasteiger partial charge in [-0.2, -0.15) is 0 Å². The summed E-state index contributed by atoms with van der Waals surface area (Å²) >= 11 is 0. The van der Waals surface area contributed by atoms with Gasteiger partial charge in [-0.15, -0.1) is 4.49 Å². The summed E-state index contributed by atoms with van der Waals surface area (Å²) in [6, 6.07) is 0. The third-order valence-electron chi connectivity index (χ3n) is 0.868. The molecule has 8 heteroatoms. The molecule has 13 heavy (non-hydrogen) atoms. The van der Waals surface area contributed by atoms with Gasteiger partial charge >= 0.3 is 7.75 Å². The lowest BCUT2D eigenvalue weighted by Crippen LogP contribution is -2.22. The van der Waals surface area contributed by atoms with Gasteiger partial charge in [-0.3, -0.25) is 9.05 Å². The zero-order valence-corrected chi connectivity index (χ0v) is 9.68. The molecule has 1 N–H and O–H groups in total. The van der Waals surface area contributed by atoms with Crippen LogP contribution in [0.25, 0.3) is 0 Å². The van der Waals surface area contributed by atoms with Crippen LogP contribution >= 0.6 is 7.75 Å². The van der Waals surface area contributed by atoms with E-state index < -0.39 is 17.8 Å². The van der Waals surface area contributed by atoms with Gasteiger partial charge in [0.25, 0.3) is 0 Å². The molecule has 0 radical (unpaired) electrons. The predicted molar refractivity (Wildman–Crippen MR) is 48.8 cm³/mol. The maximum absolute atomic E-state index is 11.5. The summed E-state index contributed by atoms with van der Waals surface area (Å²) in [7, 11) is -6.21. The third-order valence-corrected chi connectivity index (χ3v) is 4.27. The fraction of sp³-hybridized carbons (Fsp3) is 1.00. The van der Waals surface area contributed by atoms with Crippen LogP contribution in [0.15, 0.2) is 0 Å². The Bertz CT molecular complexity index is 298. The van der Waals surface area contributed by atoms with Crippen LogP contribution in [-0.2, 0) is 23.6 Å². The largest absolute Gasteiger partial charge is 0.418 e. The predicted octanol–water partition coefficient (Wildman–Crippen LogP) is 0.715. The van der Waals surface area contributed by atoms with Crippen molar-refractivity contribution in [1.29, 1.82) is 0 Å². The molecule has 6 nitrogen and oxygen atoms in total. The van der Waals surface area contributed by atoms with Crippen molar-refractivity contribution in [3.05, 3.63) is 0 Å². The van der Waals surface area contributed by atoms with E-state index in [2.05, 4.69) is 4.52 Å². The normalized spacial score (nSPS) is 17.3. The SMILES string of the molecule is COP(=O)(NS(C)(=O)=O)OC(C)C. The second kappa shape index (κ2) is 4.52. The molecule has 1 atom stereocenters. The molecule has 0 bridgehead atoms. The summed E-state index contributed by atoms with van der Waals surface area (Å²) < 4.78 is 44.0. The highest BCUT2D eigenvalue weighted by atomic mass is 32.2. The molecule has 0 aromatic carbocycles. The highest BCUT2D eigenvalue weighted by Gasteiger charge is 2.28. The quantitative estimate of drug-likeness (QED) is 0.705. The van der Waals surface area contributed by atoms with Crippen molar-refractivity contribution < 1.29 is 22.0 Å². The van der Waals surface area contributed by atoms with E-state index in [0.29, 0.717) is 0 Å². The summed E-state index contributed by atoms with van der Waals surface area (Å²) in [5, 5.41) is 0. The van der Waals surface area contributed by atoms with E-state index in [-0.39, 0.29) is 6.10 Å². The summed E-state index contributed by atoms with van der Waals surface area (Å²) in [5.41, 5.74) is 0. The number of hydrogen-bond acceptors (Lipinski definition) is 5. The van der Waals surface area contributed by atoms with E-state index in [1.54, 1.807) is 18.3 Å². The minimum atomic E-state index is -3.72. The van der Waals surface area contributed by atoms with Gasteiger partial charge in [-0.05, 0) is 13.8 Å². The molecule has 0 aromatic rings. The summed E-state index contributed by atoms with van der Waals surface area (Å²) in [6.45, 7) is 3.24. The maximum Gasteiger partial charge on any atom is 0.418 e. The Labute approximate surface area is 78.3 Å². The van der Waals surface area contributed by atoms with Crippen molar-refractivity contribution in [3.63, 3.8) is 0 Å². The van der Waals surface area contributed by atoms with E-state index in [4.69, 9.17) is 4.52 Å². The van der Waals surface area contributed by atoms with Crippen LogP contribution in [-0.4, -0.2) is 27.9 Å². The van der Waals surface area contributed by atoms with Crippen LogP contribution in [0.2, 0.25) is 0 Å². The van der Waals surface area contributed by atoms with Crippen molar-refractivity contribution in [2.24, 2.45) is 0 Å². The Balaban J connectivity index is 4.57. The average molecular weight is 231 g/mol. The van der Waals surface area contributed by atoms with Crippen molar-refractivity contribution in [1.82, 2.24) is 4.49 Å². The Hall–Kier alpha value is 0.0600. The molecular weight excluding hydrogens is 217 g/mol. The summed E-state index contributed by atoms with van der Waals surface area (Å²) in [5.74, 6) is 0. The van der Waals surface area contributed by atoms with Gasteiger partial charge in [0.15, 0.2) is 0 Å². The van der Waals surface area contributed by atoms with Gasteiger partial charge in [0.1, 0.15) is 0 Å². The molecule has 0 amide bonds. The van der Waals surface area contributed by atoms with Crippen LogP contribution in [0.4, 0.5) is 0 Å². The van der Waals surface area contributed by atoms with Crippen molar-refractivity contribution in [2.75, 3.05) is 13.4 Å². The van der Waals surface area contributed by atoms with Crippen molar-refractivity contribution in [3.8, 4) is 0 Å². The molecule has 0 rings (SSSR count). The molecule has 0 spiro atoms. The second-order valence-corrected chi connectivity index (χ2v) is 6.54. The molecule has 1 unspecified atom stereocenters. The van der Waals surface area contributed by atoms with E-state index in [1.807, 2.05) is 0 Å². The van der Waals surface area contributed by atoms with Crippen LogP contribution in [0, 0.1) is 0 Å².